The third-order valence-electron chi connectivity index (χ3n) is 3.59. The van der Waals surface area contributed by atoms with Gasteiger partial charge >= 0.3 is 11.3 Å². The Morgan fingerprint density at radius 1 is 1.14 bits per heavy atom. The number of halogens is 3. The molecule has 21 heavy (non-hydrogen) atoms. The fourth-order valence-corrected chi connectivity index (χ4v) is 2.68. The minimum absolute atomic E-state index is 0.270. The number of thiocarbonyl (C=S) groups is 1. The second kappa shape index (κ2) is 5.04. The molecule has 1 fully saturated rings. The van der Waals surface area contributed by atoms with Crippen LogP contribution in [0.3, 0.4) is 0 Å². The van der Waals surface area contributed by atoms with Crippen molar-refractivity contribution in [1.82, 2.24) is 5.32 Å². The number of nitrogens with one attached hydrogen (secondary N) is 1. The molecule has 1 saturated heterocycles. The first kappa shape index (κ1) is 14.4. The van der Waals surface area contributed by atoms with E-state index in [2.05, 4.69) is 10.4 Å². The maximum atomic E-state index is 12.6. The van der Waals surface area contributed by atoms with Crippen molar-refractivity contribution in [2.45, 2.75) is 6.18 Å². The summed E-state index contributed by atoms with van der Waals surface area (Å²) in [4.78, 5) is 0. The van der Waals surface area contributed by atoms with Crippen LogP contribution < -0.4 is 5.32 Å². The molecule has 2 aliphatic rings. The molecule has 0 atom stereocenters. The van der Waals surface area contributed by atoms with Gasteiger partial charge in [-0.2, -0.15) is 13.2 Å². The highest BCUT2D eigenvalue weighted by Gasteiger charge is 2.43. The summed E-state index contributed by atoms with van der Waals surface area (Å²) in [6, 6.07) is 4.90. The van der Waals surface area contributed by atoms with E-state index >= 15 is 0 Å². The Bertz CT molecular complexity index is 592. The lowest BCUT2D eigenvalue weighted by molar-refractivity contribution is -0.853. The van der Waals surface area contributed by atoms with Crippen molar-refractivity contribution in [1.29, 1.82) is 0 Å². The third-order valence-corrected chi connectivity index (χ3v) is 4.03. The zero-order chi connectivity index (χ0) is 15.1. The summed E-state index contributed by atoms with van der Waals surface area (Å²) in [5, 5.41) is 8.13. The summed E-state index contributed by atoms with van der Waals surface area (Å²) in [6.07, 6.45) is -4.34. The molecule has 0 radical (unpaired) electrons. The van der Waals surface area contributed by atoms with Crippen LogP contribution in [0.4, 0.5) is 13.2 Å². The normalized spacial score (nSPS) is 21.3. The molecule has 8 heteroatoms. The van der Waals surface area contributed by atoms with Gasteiger partial charge in [-0.05, 0) is 12.1 Å². The maximum absolute atomic E-state index is 12.6. The topological polar surface area (TPSA) is 33.6 Å². The van der Waals surface area contributed by atoms with Gasteiger partial charge in [0.15, 0.2) is 5.84 Å². The van der Waals surface area contributed by atoms with E-state index in [1.807, 2.05) is 0 Å². The van der Waals surface area contributed by atoms with Crippen LogP contribution >= 0.6 is 12.2 Å². The molecule has 0 unspecified atom stereocenters. The highest BCUT2D eigenvalue weighted by atomic mass is 32.1. The molecule has 1 spiro atoms. The number of amidine groups is 1. The first-order chi connectivity index (χ1) is 9.91. The predicted octanol–water partition coefficient (Wildman–Crippen LogP) is 2.10. The van der Waals surface area contributed by atoms with Gasteiger partial charge < -0.3 is 4.74 Å². The summed E-state index contributed by atoms with van der Waals surface area (Å²) in [5.74, 6) is 0.510. The lowest BCUT2D eigenvalue weighted by Crippen LogP contribution is -2.54. The molecule has 1 aromatic carbocycles. The molecular weight excluding hydrogens is 303 g/mol. The summed E-state index contributed by atoms with van der Waals surface area (Å²) >= 11 is 5.32. The summed E-state index contributed by atoms with van der Waals surface area (Å²) in [6.45, 7) is 2.39. The average molecular weight is 316 g/mol. The number of ether oxygens (including phenoxy) is 1. The molecule has 0 amide bonds. The molecule has 0 saturated carbocycles. The zero-order valence-corrected chi connectivity index (χ0v) is 11.8. The Morgan fingerprint density at radius 3 is 2.33 bits per heavy atom. The average Bonchev–Trinajstić information content (AvgIpc) is 2.76. The second-order valence-electron chi connectivity index (χ2n) is 4.94. The molecule has 3 rings (SSSR count). The van der Waals surface area contributed by atoms with E-state index in [1.54, 1.807) is 0 Å². The largest absolute Gasteiger partial charge is 0.416 e. The van der Waals surface area contributed by atoms with Crippen LogP contribution in [0.25, 0.3) is 0 Å². The minimum atomic E-state index is -4.34. The van der Waals surface area contributed by atoms with Crippen molar-refractivity contribution in [3.63, 3.8) is 0 Å². The number of benzene rings is 1. The summed E-state index contributed by atoms with van der Waals surface area (Å²) in [7, 11) is 0. The molecule has 0 bridgehead atoms. The van der Waals surface area contributed by atoms with Gasteiger partial charge in [0.2, 0.25) is 0 Å². The zero-order valence-electron chi connectivity index (χ0n) is 11.0. The number of hydrogen-bond acceptors (Lipinski definition) is 3. The predicted molar refractivity (Wildman–Crippen MR) is 74.5 cm³/mol. The van der Waals surface area contributed by atoms with Crippen molar-refractivity contribution in [3.8, 4) is 0 Å². The molecular formula is C13H13F3N3OS+. The molecule has 112 valence electrons. The van der Waals surface area contributed by atoms with Gasteiger partial charge in [0.05, 0.1) is 18.8 Å². The van der Waals surface area contributed by atoms with E-state index in [9.17, 15) is 13.2 Å². The quantitative estimate of drug-likeness (QED) is 0.636. The molecule has 2 aliphatic heterocycles. The maximum Gasteiger partial charge on any atom is 0.416 e. The Morgan fingerprint density at radius 2 is 1.76 bits per heavy atom. The van der Waals surface area contributed by atoms with Gasteiger partial charge in [-0.25, -0.2) is 0 Å². The van der Waals surface area contributed by atoms with Crippen molar-refractivity contribution in [3.05, 3.63) is 35.4 Å². The molecule has 0 aromatic heterocycles. The Hall–Kier alpha value is -1.51. The summed E-state index contributed by atoms with van der Waals surface area (Å²) < 4.78 is 43.3. The number of alkyl halides is 3. The lowest BCUT2D eigenvalue weighted by Gasteiger charge is -2.29. The molecule has 2 heterocycles. The van der Waals surface area contributed by atoms with Crippen molar-refractivity contribution >= 4 is 23.2 Å². The van der Waals surface area contributed by atoms with Crippen molar-refractivity contribution in [2.24, 2.45) is 5.10 Å². The van der Waals surface area contributed by atoms with E-state index in [4.69, 9.17) is 17.0 Å². The van der Waals surface area contributed by atoms with E-state index in [0.717, 1.165) is 12.1 Å². The lowest BCUT2D eigenvalue weighted by atomic mass is 10.1. The number of morpholine rings is 1. The number of rotatable bonds is 1. The number of nitrogens with zero attached hydrogens (tertiary/aromatic N) is 2. The van der Waals surface area contributed by atoms with Crippen LogP contribution in [0.15, 0.2) is 29.4 Å². The van der Waals surface area contributed by atoms with Crippen molar-refractivity contribution < 1.29 is 22.5 Å². The fourth-order valence-electron chi connectivity index (χ4n) is 2.36. The van der Waals surface area contributed by atoms with Crippen LogP contribution in [0.1, 0.15) is 11.1 Å². The SMILES string of the molecule is FC(F)(F)c1ccc(C2=N[N+]3(CCOCC3)C(=S)N2)cc1. The van der Waals surface area contributed by atoms with Crippen LogP contribution in [0.2, 0.25) is 0 Å². The Balaban J connectivity index is 1.87. The van der Waals surface area contributed by atoms with E-state index in [0.29, 0.717) is 42.8 Å². The number of hydrogen-bond donors (Lipinski definition) is 1. The number of quaternary nitrogens is 1. The standard InChI is InChI=1S/C13H12F3N3OS/c14-13(15,16)10-3-1-9(2-4-10)11-17-12(21)19(18-11)5-7-20-8-6-19/h1-4H,5-8H2/p+1. The van der Waals surface area contributed by atoms with Crippen LogP contribution in [-0.2, 0) is 10.9 Å². The smallest absolute Gasteiger partial charge is 0.370 e. The third kappa shape index (κ3) is 2.66. The van der Waals surface area contributed by atoms with Gasteiger partial charge in [0.25, 0.3) is 0 Å². The first-order valence-corrected chi connectivity index (χ1v) is 6.86. The van der Waals surface area contributed by atoms with Crippen molar-refractivity contribution in [2.75, 3.05) is 26.3 Å². The second-order valence-corrected chi connectivity index (χ2v) is 5.32. The van der Waals surface area contributed by atoms with E-state index in [1.165, 1.54) is 12.1 Å². The highest BCUT2D eigenvalue weighted by Crippen LogP contribution is 2.29. The molecule has 1 N–H and O–H groups in total. The Labute approximate surface area is 124 Å². The Kier molecular flexibility index (Phi) is 3.46. The highest BCUT2D eigenvalue weighted by molar-refractivity contribution is 7.80. The van der Waals surface area contributed by atoms with Gasteiger partial charge in [0, 0.05) is 17.8 Å². The van der Waals surface area contributed by atoms with Crippen LogP contribution in [0.5, 0.6) is 0 Å². The van der Waals surface area contributed by atoms with Gasteiger partial charge in [0.1, 0.15) is 13.1 Å². The van der Waals surface area contributed by atoms with E-state index < -0.39 is 11.7 Å². The molecule has 0 aliphatic carbocycles. The van der Waals surface area contributed by atoms with Crippen LogP contribution in [-0.4, -0.2) is 41.8 Å². The van der Waals surface area contributed by atoms with Gasteiger partial charge in [-0.3, -0.25) is 5.32 Å². The summed E-state index contributed by atoms with van der Waals surface area (Å²) in [5.41, 5.74) is -0.0884. The molecule has 4 nitrogen and oxygen atoms in total. The van der Waals surface area contributed by atoms with E-state index in [-0.39, 0.29) is 4.59 Å². The van der Waals surface area contributed by atoms with Gasteiger partial charge in [-0.1, -0.05) is 17.2 Å². The molecule has 1 aromatic rings. The first-order valence-electron chi connectivity index (χ1n) is 6.45. The monoisotopic (exact) mass is 316 g/mol. The minimum Gasteiger partial charge on any atom is -0.370 e. The van der Waals surface area contributed by atoms with Crippen LogP contribution in [0, 0.1) is 0 Å². The fraction of sp³-hybridized carbons (Fsp3) is 0.385. The van der Waals surface area contributed by atoms with Gasteiger partial charge in [-0.15, -0.1) is 4.59 Å².